The Labute approximate surface area is 121 Å². The van der Waals surface area contributed by atoms with E-state index in [0.29, 0.717) is 11.5 Å². The van der Waals surface area contributed by atoms with Crippen molar-refractivity contribution in [1.82, 2.24) is 9.88 Å². The highest BCUT2D eigenvalue weighted by Crippen LogP contribution is 2.14. The summed E-state index contributed by atoms with van der Waals surface area (Å²) in [5.74, 6) is 1.28. The Morgan fingerprint density at radius 2 is 2.10 bits per heavy atom. The fourth-order valence-electron chi connectivity index (χ4n) is 2.70. The van der Waals surface area contributed by atoms with Gasteiger partial charge in [0.05, 0.1) is 5.56 Å². The van der Waals surface area contributed by atoms with E-state index < -0.39 is 0 Å². The topological polar surface area (TPSA) is 52.0 Å². The van der Waals surface area contributed by atoms with Gasteiger partial charge in [0.25, 0.3) is 0 Å². The van der Waals surface area contributed by atoms with E-state index in [0.717, 1.165) is 24.6 Å². The molecular formula is C16H24N4. The van der Waals surface area contributed by atoms with Gasteiger partial charge >= 0.3 is 0 Å². The van der Waals surface area contributed by atoms with E-state index in [1.807, 2.05) is 19.1 Å². The molecule has 2 heterocycles. The highest BCUT2D eigenvalue weighted by atomic mass is 15.1. The molecular weight excluding hydrogens is 248 g/mol. The van der Waals surface area contributed by atoms with Crippen LogP contribution in [0.3, 0.4) is 0 Å². The van der Waals surface area contributed by atoms with Crippen LogP contribution in [0.25, 0.3) is 0 Å². The van der Waals surface area contributed by atoms with Gasteiger partial charge < -0.3 is 10.2 Å². The van der Waals surface area contributed by atoms with Gasteiger partial charge in [-0.25, -0.2) is 4.98 Å². The van der Waals surface area contributed by atoms with Gasteiger partial charge in [0.1, 0.15) is 11.9 Å². The van der Waals surface area contributed by atoms with Crippen LogP contribution in [0.1, 0.15) is 37.4 Å². The van der Waals surface area contributed by atoms with Crippen LogP contribution in [-0.2, 0) is 0 Å². The van der Waals surface area contributed by atoms with Crippen LogP contribution in [0, 0.1) is 24.2 Å². The molecule has 0 radical (unpaired) electrons. The lowest BCUT2D eigenvalue weighted by Crippen LogP contribution is -2.35. The molecule has 20 heavy (non-hydrogen) atoms. The summed E-state index contributed by atoms with van der Waals surface area (Å²) in [7, 11) is 0. The number of hydrogen-bond acceptors (Lipinski definition) is 4. The fourth-order valence-corrected chi connectivity index (χ4v) is 2.70. The molecule has 1 aliphatic heterocycles. The first kappa shape index (κ1) is 14.8. The molecule has 4 nitrogen and oxygen atoms in total. The third-order valence-corrected chi connectivity index (χ3v) is 3.79. The Hall–Kier alpha value is -1.60. The van der Waals surface area contributed by atoms with E-state index in [4.69, 9.17) is 5.26 Å². The number of nitrogens with zero attached hydrogens (tertiary/aromatic N) is 3. The number of nitrogens with one attached hydrogen (secondary N) is 1. The van der Waals surface area contributed by atoms with Gasteiger partial charge in [0.15, 0.2) is 0 Å². The van der Waals surface area contributed by atoms with Gasteiger partial charge in [-0.1, -0.05) is 13.3 Å². The molecule has 1 aromatic rings. The SMILES string of the molecule is Cc1ccc(C#N)c(NCC(C)CN2CCCCC2)n1. The second kappa shape index (κ2) is 7.25. The third kappa shape index (κ3) is 4.21. The van der Waals surface area contributed by atoms with Gasteiger partial charge in [0, 0.05) is 18.8 Å². The average molecular weight is 272 g/mol. The van der Waals surface area contributed by atoms with E-state index >= 15 is 0 Å². The zero-order valence-electron chi connectivity index (χ0n) is 12.5. The van der Waals surface area contributed by atoms with Crippen LogP contribution in [0.5, 0.6) is 0 Å². The van der Waals surface area contributed by atoms with Crippen molar-refractivity contribution in [3.8, 4) is 6.07 Å². The molecule has 1 N–H and O–H groups in total. The second-order valence-corrected chi connectivity index (χ2v) is 5.81. The maximum atomic E-state index is 9.10. The minimum Gasteiger partial charge on any atom is -0.369 e. The van der Waals surface area contributed by atoms with Gasteiger partial charge in [-0.2, -0.15) is 5.26 Å². The predicted molar refractivity (Wildman–Crippen MR) is 81.6 cm³/mol. The number of aryl methyl sites for hydroxylation is 1. The Morgan fingerprint density at radius 1 is 1.35 bits per heavy atom. The van der Waals surface area contributed by atoms with E-state index in [2.05, 4.69) is 28.2 Å². The highest BCUT2D eigenvalue weighted by molar-refractivity contribution is 5.52. The molecule has 0 aromatic carbocycles. The number of anilines is 1. The summed E-state index contributed by atoms with van der Waals surface area (Å²) in [5, 5.41) is 12.4. The summed E-state index contributed by atoms with van der Waals surface area (Å²) in [5.41, 5.74) is 1.57. The molecule has 1 fully saturated rings. The maximum Gasteiger partial charge on any atom is 0.144 e. The lowest BCUT2D eigenvalue weighted by Gasteiger charge is -2.29. The molecule has 1 unspecified atom stereocenters. The minimum absolute atomic E-state index is 0.557. The zero-order chi connectivity index (χ0) is 14.4. The monoisotopic (exact) mass is 272 g/mol. The normalized spacial score (nSPS) is 17.4. The van der Waals surface area contributed by atoms with Crippen molar-refractivity contribution in [2.75, 3.05) is 31.5 Å². The van der Waals surface area contributed by atoms with Crippen molar-refractivity contribution < 1.29 is 0 Å². The summed E-state index contributed by atoms with van der Waals surface area (Å²) < 4.78 is 0. The largest absolute Gasteiger partial charge is 0.369 e. The Kier molecular flexibility index (Phi) is 5.37. The number of nitriles is 1. The van der Waals surface area contributed by atoms with Crippen LogP contribution in [0.4, 0.5) is 5.82 Å². The molecule has 2 rings (SSSR count). The lowest BCUT2D eigenvalue weighted by atomic mass is 10.1. The number of aromatic nitrogens is 1. The average Bonchev–Trinajstić information content (AvgIpc) is 2.46. The molecule has 1 aliphatic rings. The molecule has 0 bridgehead atoms. The van der Waals surface area contributed by atoms with Crippen molar-refractivity contribution in [3.63, 3.8) is 0 Å². The zero-order valence-corrected chi connectivity index (χ0v) is 12.5. The Bertz CT molecular complexity index is 472. The van der Waals surface area contributed by atoms with Crippen molar-refractivity contribution in [1.29, 1.82) is 5.26 Å². The Balaban J connectivity index is 1.85. The number of likely N-dealkylation sites (tertiary alicyclic amines) is 1. The summed E-state index contributed by atoms with van der Waals surface area (Å²) in [6, 6.07) is 5.90. The van der Waals surface area contributed by atoms with E-state index in [9.17, 15) is 0 Å². The minimum atomic E-state index is 0.557. The smallest absolute Gasteiger partial charge is 0.144 e. The number of pyridine rings is 1. The standard InChI is InChI=1S/C16H24N4/c1-13(12-20-8-4-3-5-9-20)11-18-16-15(10-17)7-6-14(2)19-16/h6-7,13H,3-5,8-9,11-12H2,1-2H3,(H,18,19). The first-order chi connectivity index (χ1) is 9.69. The number of piperidine rings is 1. The van der Waals surface area contributed by atoms with Gasteiger partial charge in [-0.15, -0.1) is 0 Å². The molecule has 4 heteroatoms. The highest BCUT2D eigenvalue weighted by Gasteiger charge is 2.14. The first-order valence-electron chi connectivity index (χ1n) is 7.53. The molecule has 1 saturated heterocycles. The quantitative estimate of drug-likeness (QED) is 0.895. The molecule has 0 amide bonds. The molecule has 0 saturated carbocycles. The first-order valence-corrected chi connectivity index (χ1v) is 7.53. The maximum absolute atomic E-state index is 9.10. The molecule has 0 spiro atoms. The summed E-state index contributed by atoms with van der Waals surface area (Å²) >= 11 is 0. The van der Waals surface area contributed by atoms with Gasteiger partial charge in [0.2, 0.25) is 0 Å². The summed E-state index contributed by atoms with van der Waals surface area (Å²) in [6.45, 7) is 8.66. The van der Waals surface area contributed by atoms with Crippen LogP contribution in [0.15, 0.2) is 12.1 Å². The van der Waals surface area contributed by atoms with Gasteiger partial charge in [-0.3, -0.25) is 0 Å². The van der Waals surface area contributed by atoms with Crippen molar-refractivity contribution in [2.24, 2.45) is 5.92 Å². The summed E-state index contributed by atoms with van der Waals surface area (Å²) in [4.78, 5) is 6.96. The fraction of sp³-hybridized carbons (Fsp3) is 0.625. The van der Waals surface area contributed by atoms with Crippen LogP contribution in [0.2, 0.25) is 0 Å². The van der Waals surface area contributed by atoms with E-state index in [1.165, 1.54) is 32.4 Å². The van der Waals surface area contributed by atoms with Gasteiger partial charge in [-0.05, 0) is 50.9 Å². The predicted octanol–water partition coefficient (Wildman–Crippen LogP) is 2.80. The Morgan fingerprint density at radius 3 is 2.80 bits per heavy atom. The molecule has 1 atom stereocenters. The van der Waals surface area contributed by atoms with E-state index in [-0.39, 0.29) is 0 Å². The molecule has 108 valence electrons. The lowest BCUT2D eigenvalue weighted by molar-refractivity contribution is 0.204. The number of hydrogen-bond donors (Lipinski definition) is 1. The van der Waals surface area contributed by atoms with Crippen molar-refractivity contribution in [3.05, 3.63) is 23.4 Å². The van der Waals surface area contributed by atoms with Crippen LogP contribution >= 0.6 is 0 Å². The van der Waals surface area contributed by atoms with Crippen LogP contribution in [-0.4, -0.2) is 36.1 Å². The summed E-state index contributed by atoms with van der Waals surface area (Å²) in [6.07, 6.45) is 4.04. The van der Waals surface area contributed by atoms with Crippen molar-refractivity contribution >= 4 is 5.82 Å². The van der Waals surface area contributed by atoms with Crippen LogP contribution < -0.4 is 5.32 Å². The molecule has 1 aromatic heterocycles. The van der Waals surface area contributed by atoms with E-state index in [1.54, 1.807) is 0 Å². The van der Waals surface area contributed by atoms with Crippen molar-refractivity contribution in [2.45, 2.75) is 33.1 Å². The third-order valence-electron chi connectivity index (χ3n) is 3.79. The molecule has 0 aliphatic carbocycles. The number of rotatable bonds is 5. The second-order valence-electron chi connectivity index (χ2n) is 5.81.